The third-order valence-electron chi connectivity index (χ3n) is 3.88. The Morgan fingerprint density at radius 3 is 2.85 bits per heavy atom. The summed E-state index contributed by atoms with van der Waals surface area (Å²) in [4.78, 5) is 12.4. The molecule has 1 atom stereocenters. The summed E-state index contributed by atoms with van der Waals surface area (Å²) < 4.78 is 20.5. The fraction of sp³-hybridized carbons (Fsp3) is 0.278. The Morgan fingerprint density at radius 1 is 1.38 bits per heavy atom. The standard InChI is InChI=1S/C18H19FN4O2S/c1-4-23-16(15-8-9-25-11(15)2)21-22-18(23)26-12(3)17(24)20-14-7-5-6-13(19)10-14/h5-10,12H,4H2,1-3H3,(H,20,24)/t12-/m1/s1. The number of amides is 1. The summed E-state index contributed by atoms with van der Waals surface area (Å²) in [5.41, 5.74) is 1.30. The molecule has 1 amide bonds. The summed E-state index contributed by atoms with van der Waals surface area (Å²) in [6.45, 7) is 6.29. The molecule has 0 bridgehead atoms. The predicted molar refractivity (Wildman–Crippen MR) is 98.5 cm³/mol. The van der Waals surface area contributed by atoms with Crippen molar-refractivity contribution in [3.63, 3.8) is 0 Å². The number of aromatic nitrogens is 3. The van der Waals surface area contributed by atoms with Gasteiger partial charge < -0.3 is 14.3 Å². The molecule has 0 saturated carbocycles. The van der Waals surface area contributed by atoms with Crippen LogP contribution in [0, 0.1) is 12.7 Å². The average Bonchev–Trinajstić information content (AvgIpc) is 3.20. The molecule has 136 valence electrons. The van der Waals surface area contributed by atoms with Crippen LogP contribution in [0.15, 0.2) is 46.2 Å². The third kappa shape index (κ3) is 3.80. The number of carbonyl (C=O) groups excluding carboxylic acids is 1. The number of hydrogen-bond donors (Lipinski definition) is 1. The van der Waals surface area contributed by atoms with Crippen LogP contribution in [0.4, 0.5) is 10.1 Å². The smallest absolute Gasteiger partial charge is 0.237 e. The Labute approximate surface area is 154 Å². The van der Waals surface area contributed by atoms with E-state index in [0.717, 1.165) is 11.3 Å². The Hall–Kier alpha value is -2.61. The van der Waals surface area contributed by atoms with Crippen molar-refractivity contribution in [3.05, 3.63) is 48.2 Å². The maximum absolute atomic E-state index is 13.2. The van der Waals surface area contributed by atoms with Crippen LogP contribution in [0.2, 0.25) is 0 Å². The Morgan fingerprint density at radius 2 is 2.19 bits per heavy atom. The van der Waals surface area contributed by atoms with Crippen molar-refractivity contribution in [1.82, 2.24) is 14.8 Å². The van der Waals surface area contributed by atoms with E-state index in [4.69, 9.17) is 4.42 Å². The quantitative estimate of drug-likeness (QED) is 0.657. The van der Waals surface area contributed by atoms with Gasteiger partial charge in [0.15, 0.2) is 11.0 Å². The van der Waals surface area contributed by atoms with Gasteiger partial charge in [-0.1, -0.05) is 17.8 Å². The molecule has 8 heteroatoms. The molecule has 2 aromatic heterocycles. The van der Waals surface area contributed by atoms with E-state index in [1.54, 1.807) is 25.3 Å². The van der Waals surface area contributed by atoms with Crippen LogP contribution in [-0.2, 0) is 11.3 Å². The van der Waals surface area contributed by atoms with Crippen LogP contribution in [0.25, 0.3) is 11.4 Å². The molecule has 2 heterocycles. The van der Waals surface area contributed by atoms with Crippen molar-refractivity contribution in [2.24, 2.45) is 0 Å². The molecule has 0 saturated heterocycles. The van der Waals surface area contributed by atoms with Crippen molar-refractivity contribution in [2.75, 3.05) is 5.32 Å². The van der Waals surface area contributed by atoms with Gasteiger partial charge in [0.1, 0.15) is 11.6 Å². The lowest BCUT2D eigenvalue weighted by Crippen LogP contribution is -2.23. The second kappa shape index (κ2) is 7.74. The first-order valence-electron chi connectivity index (χ1n) is 8.20. The molecule has 26 heavy (non-hydrogen) atoms. The number of aryl methyl sites for hydroxylation is 1. The predicted octanol–water partition coefficient (Wildman–Crippen LogP) is 4.12. The number of carbonyl (C=O) groups is 1. The molecule has 0 aliphatic rings. The molecular formula is C18H19FN4O2S. The molecule has 0 radical (unpaired) electrons. The van der Waals surface area contributed by atoms with E-state index in [9.17, 15) is 9.18 Å². The first kappa shape index (κ1) is 18.2. The van der Waals surface area contributed by atoms with Crippen LogP contribution in [0.3, 0.4) is 0 Å². The first-order valence-corrected chi connectivity index (χ1v) is 9.08. The summed E-state index contributed by atoms with van der Waals surface area (Å²) in [7, 11) is 0. The van der Waals surface area contributed by atoms with Crippen LogP contribution in [0.1, 0.15) is 19.6 Å². The minimum absolute atomic E-state index is 0.229. The maximum Gasteiger partial charge on any atom is 0.237 e. The van der Waals surface area contributed by atoms with Gasteiger partial charge >= 0.3 is 0 Å². The lowest BCUT2D eigenvalue weighted by molar-refractivity contribution is -0.115. The van der Waals surface area contributed by atoms with Crippen LogP contribution in [0.5, 0.6) is 0 Å². The number of halogens is 1. The van der Waals surface area contributed by atoms with Crippen molar-refractivity contribution < 1.29 is 13.6 Å². The fourth-order valence-electron chi connectivity index (χ4n) is 2.50. The molecule has 3 aromatic rings. The molecule has 6 nitrogen and oxygen atoms in total. The molecule has 0 aliphatic carbocycles. The lowest BCUT2D eigenvalue weighted by Gasteiger charge is -2.12. The minimum Gasteiger partial charge on any atom is -0.469 e. The van der Waals surface area contributed by atoms with E-state index in [1.807, 2.05) is 24.5 Å². The molecule has 1 aromatic carbocycles. The van der Waals surface area contributed by atoms with Crippen LogP contribution < -0.4 is 5.32 Å². The van der Waals surface area contributed by atoms with Gasteiger partial charge in [-0.25, -0.2) is 4.39 Å². The molecule has 0 aliphatic heterocycles. The summed E-state index contributed by atoms with van der Waals surface area (Å²) >= 11 is 1.30. The summed E-state index contributed by atoms with van der Waals surface area (Å²) in [6, 6.07) is 7.66. The van der Waals surface area contributed by atoms with Crippen molar-refractivity contribution in [2.45, 2.75) is 37.7 Å². The molecule has 1 N–H and O–H groups in total. The number of nitrogens with zero attached hydrogens (tertiary/aromatic N) is 3. The molecular weight excluding hydrogens is 355 g/mol. The SMILES string of the molecule is CCn1c(S[C@H](C)C(=O)Nc2cccc(F)c2)nnc1-c1ccoc1C. The summed E-state index contributed by atoms with van der Waals surface area (Å²) in [5, 5.41) is 11.4. The van der Waals surface area contributed by atoms with Crippen molar-refractivity contribution in [3.8, 4) is 11.4 Å². The topological polar surface area (TPSA) is 73.0 Å². The summed E-state index contributed by atoms with van der Waals surface area (Å²) in [5.74, 6) is 0.848. The van der Waals surface area contributed by atoms with E-state index in [1.165, 1.54) is 23.9 Å². The van der Waals surface area contributed by atoms with Gasteiger partial charge in [0.25, 0.3) is 0 Å². The Kier molecular flexibility index (Phi) is 5.41. The number of thioether (sulfide) groups is 1. The second-order valence-corrected chi connectivity index (χ2v) is 7.01. The van der Waals surface area contributed by atoms with E-state index in [-0.39, 0.29) is 5.91 Å². The zero-order valence-electron chi connectivity index (χ0n) is 14.7. The molecule has 0 unspecified atom stereocenters. The average molecular weight is 374 g/mol. The number of rotatable bonds is 6. The fourth-order valence-corrected chi connectivity index (χ4v) is 3.41. The molecule has 0 spiro atoms. The highest BCUT2D eigenvalue weighted by Gasteiger charge is 2.21. The normalized spacial score (nSPS) is 12.2. The monoisotopic (exact) mass is 374 g/mol. The maximum atomic E-state index is 13.2. The van der Waals surface area contributed by atoms with Crippen molar-refractivity contribution >= 4 is 23.4 Å². The number of nitrogens with one attached hydrogen (secondary N) is 1. The third-order valence-corrected chi connectivity index (χ3v) is 4.96. The Balaban J connectivity index is 1.75. The lowest BCUT2D eigenvalue weighted by atomic mass is 10.2. The zero-order chi connectivity index (χ0) is 18.7. The minimum atomic E-state index is -0.425. The highest BCUT2D eigenvalue weighted by Crippen LogP contribution is 2.29. The van der Waals surface area contributed by atoms with E-state index in [2.05, 4.69) is 15.5 Å². The van der Waals surface area contributed by atoms with Crippen molar-refractivity contribution in [1.29, 1.82) is 0 Å². The van der Waals surface area contributed by atoms with E-state index < -0.39 is 11.1 Å². The van der Waals surface area contributed by atoms with Crippen LogP contribution >= 0.6 is 11.8 Å². The van der Waals surface area contributed by atoms with Gasteiger partial charge in [-0.3, -0.25) is 4.79 Å². The number of anilines is 1. The number of hydrogen-bond acceptors (Lipinski definition) is 5. The molecule has 3 rings (SSSR count). The first-order chi connectivity index (χ1) is 12.5. The number of furan rings is 1. The number of benzene rings is 1. The largest absolute Gasteiger partial charge is 0.469 e. The van der Waals surface area contributed by atoms with Gasteiger partial charge in [0.2, 0.25) is 5.91 Å². The van der Waals surface area contributed by atoms with Gasteiger partial charge in [0, 0.05) is 12.2 Å². The Bertz CT molecular complexity index is 922. The highest BCUT2D eigenvalue weighted by atomic mass is 32.2. The van der Waals surface area contributed by atoms with E-state index >= 15 is 0 Å². The zero-order valence-corrected chi connectivity index (χ0v) is 15.5. The van der Waals surface area contributed by atoms with Gasteiger partial charge in [0.05, 0.1) is 17.1 Å². The molecule has 0 fully saturated rings. The van der Waals surface area contributed by atoms with Crippen LogP contribution in [-0.4, -0.2) is 25.9 Å². The highest BCUT2D eigenvalue weighted by molar-refractivity contribution is 8.00. The van der Waals surface area contributed by atoms with E-state index in [0.29, 0.717) is 23.2 Å². The van der Waals surface area contributed by atoms with Gasteiger partial charge in [-0.2, -0.15) is 0 Å². The summed E-state index contributed by atoms with van der Waals surface area (Å²) in [6.07, 6.45) is 1.61. The van der Waals surface area contributed by atoms with Gasteiger partial charge in [-0.05, 0) is 45.0 Å². The second-order valence-electron chi connectivity index (χ2n) is 5.70. The van der Waals surface area contributed by atoms with Gasteiger partial charge in [-0.15, -0.1) is 10.2 Å².